The number of carboxylic acids is 1. The van der Waals surface area contributed by atoms with Crippen LogP contribution in [0.15, 0.2) is 22.7 Å². The van der Waals surface area contributed by atoms with Crippen molar-refractivity contribution in [3.05, 3.63) is 28.2 Å². The molecule has 0 aliphatic carbocycles. The third-order valence-electron chi connectivity index (χ3n) is 2.70. The summed E-state index contributed by atoms with van der Waals surface area (Å²) in [5.74, 6) is -1.03. The van der Waals surface area contributed by atoms with Gasteiger partial charge in [-0.2, -0.15) is 0 Å². The quantitative estimate of drug-likeness (QED) is 0.833. The molecule has 6 heteroatoms. The van der Waals surface area contributed by atoms with Gasteiger partial charge in [-0.1, -0.05) is 0 Å². The number of hydrogen-bond acceptors (Lipinski definition) is 3. The number of nitrogens with zero attached hydrogens (tertiary/aromatic N) is 1. The van der Waals surface area contributed by atoms with Crippen LogP contribution in [0.4, 0.5) is 5.69 Å². The average Bonchev–Trinajstić information content (AvgIpc) is 2.35. The lowest BCUT2D eigenvalue weighted by Gasteiger charge is -2.24. The maximum Gasteiger partial charge on any atom is 0.335 e. The maximum absolute atomic E-state index is 11.8. The van der Waals surface area contributed by atoms with Crippen LogP contribution in [0, 0.1) is 0 Å². The number of amides is 1. The van der Waals surface area contributed by atoms with Crippen molar-refractivity contribution in [3.63, 3.8) is 0 Å². The Morgan fingerprint density at radius 2 is 2.05 bits per heavy atom. The van der Waals surface area contributed by atoms with Crippen molar-refractivity contribution in [2.24, 2.45) is 0 Å². The molecular weight excluding hydrogens is 324 g/mol. The molecule has 0 atom stereocenters. The first-order valence-electron chi connectivity index (χ1n) is 6.42. The fourth-order valence-electron chi connectivity index (χ4n) is 1.80. The van der Waals surface area contributed by atoms with Gasteiger partial charge in [-0.15, -0.1) is 0 Å². The number of carbonyl (C=O) groups is 2. The fourth-order valence-corrected chi connectivity index (χ4v) is 2.43. The molecule has 0 fully saturated rings. The molecule has 0 bridgehead atoms. The van der Waals surface area contributed by atoms with Crippen LogP contribution in [0.1, 0.15) is 31.1 Å². The number of rotatable bonds is 6. The Labute approximate surface area is 127 Å². The van der Waals surface area contributed by atoms with E-state index in [0.717, 1.165) is 5.69 Å². The van der Waals surface area contributed by atoms with Gasteiger partial charge in [0, 0.05) is 17.1 Å². The van der Waals surface area contributed by atoms with Crippen molar-refractivity contribution in [1.82, 2.24) is 5.32 Å². The molecule has 0 aliphatic rings. The van der Waals surface area contributed by atoms with Crippen LogP contribution in [0.25, 0.3) is 0 Å². The zero-order valence-corrected chi connectivity index (χ0v) is 13.4. The summed E-state index contributed by atoms with van der Waals surface area (Å²) in [5.41, 5.74) is 1.01. The average molecular weight is 343 g/mol. The molecule has 0 unspecified atom stereocenters. The molecule has 0 aromatic heterocycles. The van der Waals surface area contributed by atoms with E-state index in [9.17, 15) is 9.59 Å². The van der Waals surface area contributed by atoms with Gasteiger partial charge in [-0.25, -0.2) is 4.79 Å². The Hall–Kier alpha value is -1.56. The summed E-state index contributed by atoms with van der Waals surface area (Å²) < 4.78 is 0.664. The highest BCUT2D eigenvalue weighted by atomic mass is 79.9. The largest absolute Gasteiger partial charge is 0.478 e. The summed E-state index contributed by atoms with van der Waals surface area (Å²) >= 11 is 3.36. The Morgan fingerprint density at radius 3 is 2.50 bits per heavy atom. The van der Waals surface area contributed by atoms with Crippen LogP contribution in [0.5, 0.6) is 0 Å². The van der Waals surface area contributed by atoms with E-state index in [4.69, 9.17) is 5.11 Å². The third-order valence-corrected chi connectivity index (χ3v) is 3.34. The molecule has 1 aromatic rings. The number of nitrogens with one attached hydrogen (secondary N) is 1. The number of carbonyl (C=O) groups excluding carboxylic acids is 1. The molecule has 20 heavy (non-hydrogen) atoms. The molecule has 110 valence electrons. The number of likely N-dealkylation sites (N-methyl/N-ethyl adjacent to an activating group) is 1. The predicted molar refractivity (Wildman–Crippen MR) is 82.3 cm³/mol. The molecule has 0 aliphatic heterocycles. The molecule has 1 amide bonds. The highest BCUT2D eigenvalue weighted by Crippen LogP contribution is 2.27. The van der Waals surface area contributed by atoms with Gasteiger partial charge in [0.2, 0.25) is 5.91 Å². The van der Waals surface area contributed by atoms with Gasteiger partial charge in [0.25, 0.3) is 0 Å². The van der Waals surface area contributed by atoms with Crippen molar-refractivity contribution >= 4 is 33.5 Å². The van der Waals surface area contributed by atoms with Crippen LogP contribution in [-0.2, 0) is 4.79 Å². The van der Waals surface area contributed by atoms with E-state index in [1.165, 1.54) is 6.07 Å². The summed E-state index contributed by atoms with van der Waals surface area (Å²) in [4.78, 5) is 24.6. The molecule has 0 heterocycles. The summed E-state index contributed by atoms with van der Waals surface area (Å²) in [6, 6.07) is 4.88. The van der Waals surface area contributed by atoms with Gasteiger partial charge >= 0.3 is 5.97 Å². The molecular formula is C14H19BrN2O3. The monoisotopic (exact) mass is 342 g/mol. The summed E-state index contributed by atoms with van der Waals surface area (Å²) in [6.45, 7) is 6.65. The summed E-state index contributed by atoms with van der Waals surface area (Å²) in [5, 5.41) is 11.8. The minimum atomic E-state index is -0.974. The van der Waals surface area contributed by atoms with Crippen LogP contribution >= 0.6 is 15.9 Å². The van der Waals surface area contributed by atoms with E-state index < -0.39 is 5.97 Å². The van der Waals surface area contributed by atoms with E-state index in [-0.39, 0.29) is 24.1 Å². The minimum absolute atomic E-state index is 0.0592. The number of benzene rings is 1. The lowest BCUT2D eigenvalue weighted by atomic mass is 10.2. The Bertz CT molecular complexity index is 503. The minimum Gasteiger partial charge on any atom is -0.478 e. The molecule has 0 saturated carbocycles. The molecule has 0 radical (unpaired) electrons. The summed E-state index contributed by atoms with van der Waals surface area (Å²) in [6.07, 6.45) is 0. The van der Waals surface area contributed by atoms with E-state index in [1.54, 1.807) is 12.1 Å². The van der Waals surface area contributed by atoms with Crippen molar-refractivity contribution < 1.29 is 14.7 Å². The van der Waals surface area contributed by atoms with Gasteiger partial charge in [0.15, 0.2) is 0 Å². The first-order valence-corrected chi connectivity index (χ1v) is 7.21. The first-order chi connectivity index (χ1) is 9.35. The lowest BCUT2D eigenvalue weighted by molar-refractivity contribution is -0.120. The molecule has 1 rings (SSSR count). The van der Waals surface area contributed by atoms with Crippen molar-refractivity contribution in [2.45, 2.75) is 26.8 Å². The second-order valence-electron chi connectivity index (χ2n) is 4.71. The highest BCUT2D eigenvalue weighted by molar-refractivity contribution is 9.10. The second kappa shape index (κ2) is 7.28. The third kappa shape index (κ3) is 4.52. The van der Waals surface area contributed by atoms with Gasteiger partial charge < -0.3 is 15.3 Å². The molecule has 1 aromatic carbocycles. The maximum atomic E-state index is 11.8. The van der Waals surface area contributed by atoms with E-state index in [1.807, 2.05) is 25.7 Å². The van der Waals surface area contributed by atoms with Gasteiger partial charge in [-0.05, 0) is 54.9 Å². The molecule has 0 saturated heterocycles. The highest BCUT2D eigenvalue weighted by Gasteiger charge is 2.15. The Balaban J connectivity index is 2.90. The van der Waals surface area contributed by atoms with Crippen molar-refractivity contribution in [1.29, 1.82) is 0 Å². The molecule has 5 nitrogen and oxygen atoms in total. The number of anilines is 1. The zero-order valence-electron chi connectivity index (χ0n) is 11.8. The first kappa shape index (κ1) is 16.5. The van der Waals surface area contributed by atoms with Crippen molar-refractivity contribution in [3.8, 4) is 0 Å². The fraction of sp³-hybridized carbons (Fsp3) is 0.429. The predicted octanol–water partition coefficient (Wildman–Crippen LogP) is 2.50. The zero-order chi connectivity index (χ0) is 15.3. The lowest BCUT2D eigenvalue weighted by Crippen LogP contribution is -2.40. The second-order valence-corrected chi connectivity index (χ2v) is 5.56. The van der Waals surface area contributed by atoms with Gasteiger partial charge in [0.1, 0.15) is 0 Å². The van der Waals surface area contributed by atoms with Crippen LogP contribution in [0.3, 0.4) is 0 Å². The SMILES string of the molecule is CCN(CC(=O)NC(C)C)c1ccc(C(=O)O)cc1Br. The normalized spacial score (nSPS) is 10.4. The number of aromatic carboxylic acids is 1. The van der Waals surface area contributed by atoms with E-state index >= 15 is 0 Å². The van der Waals surface area contributed by atoms with Gasteiger partial charge in [0.05, 0.1) is 17.8 Å². The van der Waals surface area contributed by atoms with Crippen LogP contribution in [-0.4, -0.2) is 36.1 Å². The topological polar surface area (TPSA) is 69.6 Å². The van der Waals surface area contributed by atoms with Gasteiger partial charge in [-0.3, -0.25) is 4.79 Å². The van der Waals surface area contributed by atoms with Crippen LogP contribution in [0.2, 0.25) is 0 Å². The molecule has 2 N–H and O–H groups in total. The molecule has 0 spiro atoms. The van der Waals surface area contributed by atoms with Crippen LogP contribution < -0.4 is 10.2 Å². The Morgan fingerprint density at radius 1 is 1.40 bits per heavy atom. The smallest absolute Gasteiger partial charge is 0.335 e. The Kier molecular flexibility index (Phi) is 6.01. The summed E-state index contributed by atoms with van der Waals surface area (Å²) in [7, 11) is 0. The van der Waals surface area contributed by atoms with E-state index in [0.29, 0.717) is 11.0 Å². The van der Waals surface area contributed by atoms with Crippen molar-refractivity contribution in [2.75, 3.05) is 18.0 Å². The van der Waals surface area contributed by atoms with E-state index in [2.05, 4.69) is 21.2 Å². The number of hydrogen-bond donors (Lipinski definition) is 2. The number of carboxylic acid groups (broad SMARTS) is 1. The standard InChI is InChI=1S/C14H19BrN2O3/c1-4-17(8-13(18)16-9(2)3)12-6-5-10(14(19)20)7-11(12)15/h5-7,9H,4,8H2,1-3H3,(H,16,18)(H,19,20). The number of halogens is 1.